The first-order chi connectivity index (χ1) is 8.13. The van der Waals surface area contributed by atoms with Crippen LogP contribution in [0.25, 0.3) is 0 Å². The Balaban J connectivity index is 2.33. The summed E-state index contributed by atoms with van der Waals surface area (Å²) in [5, 5.41) is 5.07. The Hall–Kier alpha value is -2.11. The maximum atomic E-state index is 11.4. The highest BCUT2D eigenvalue weighted by Gasteiger charge is 2.14. The number of rotatable bonds is 4. The van der Waals surface area contributed by atoms with Crippen LogP contribution in [0.5, 0.6) is 0 Å². The molecule has 0 saturated heterocycles. The SMILES string of the molecule is COC(=O)C(C)NC(=O)NCc1cccnc1. The van der Waals surface area contributed by atoms with Crippen LogP contribution in [0.4, 0.5) is 4.79 Å². The molecule has 1 aromatic rings. The Kier molecular flexibility index (Phi) is 4.93. The van der Waals surface area contributed by atoms with Crippen LogP contribution in [0.1, 0.15) is 12.5 Å². The van der Waals surface area contributed by atoms with Crippen LogP contribution in [0.3, 0.4) is 0 Å². The summed E-state index contributed by atoms with van der Waals surface area (Å²) < 4.78 is 4.48. The fraction of sp³-hybridized carbons (Fsp3) is 0.364. The number of methoxy groups -OCH3 is 1. The summed E-state index contributed by atoms with van der Waals surface area (Å²) in [7, 11) is 1.27. The molecule has 1 atom stereocenters. The summed E-state index contributed by atoms with van der Waals surface area (Å²) in [5.74, 6) is -0.485. The van der Waals surface area contributed by atoms with Gasteiger partial charge in [0.1, 0.15) is 6.04 Å². The molecular formula is C11H15N3O3. The van der Waals surface area contributed by atoms with E-state index in [1.165, 1.54) is 7.11 Å². The fourth-order valence-electron chi connectivity index (χ4n) is 1.17. The quantitative estimate of drug-likeness (QED) is 0.745. The highest BCUT2D eigenvalue weighted by molar-refractivity contribution is 5.83. The molecule has 2 amide bonds. The van der Waals surface area contributed by atoms with Crippen LogP contribution in [0, 0.1) is 0 Å². The molecule has 0 fully saturated rings. The van der Waals surface area contributed by atoms with Gasteiger partial charge in [-0.3, -0.25) is 4.98 Å². The summed E-state index contributed by atoms with van der Waals surface area (Å²) in [5.41, 5.74) is 0.883. The molecule has 0 bridgehead atoms. The van der Waals surface area contributed by atoms with Crippen LogP contribution in [-0.4, -0.2) is 30.1 Å². The van der Waals surface area contributed by atoms with E-state index in [1.54, 1.807) is 25.4 Å². The minimum absolute atomic E-state index is 0.355. The number of hydrogen-bond donors (Lipinski definition) is 2. The van der Waals surface area contributed by atoms with Crippen LogP contribution >= 0.6 is 0 Å². The number of carbonyl (C=O) groups excluding carboxylic acids is 2. The molecule has 1 unspecified atom stereocenters. The van der Waals surface area contributed by atoms with Crippen molar-refractivity contribution in [3.8, 4) is 0 Å². The van der Waals surface area contributed by atoms with Gasteiger partial charge in [-0.05, 0) is 18.6 Å². The van der Waals surface area contributed by atoms with Gasteiger partial charge >= 0.3 is 12.0 Å². The Morgan fingerprint density at radius 1 is 1.53 bits per heavy atom. The molecule has 0 saturated carbocycles. The molecule has 6 nitrogen and oxygen atoms in total. The third kappa shape index (κ3) is 4.50. The molecule has 1 aromatic heterocycles. The molecule has 0 aliphatic carbocycles. The van der Waals surface area contributed by atoms with Crippen molar-refractivity contribution >= 4 is 12.0 Å². The maximum Gasteiger partial charge on any atom is 0.328 e. The van der Waals surface area contributed by atoms with Crippen molar-refractivity contribution < 1.29 is 14.3 Å². The van der Waals surface area contributed by atoms with Gasteiger partial charge in [0, 0.05) is 18.9 Å². The van der Waals surface area contributed by atoms with Gasteiger partial charge < -0.3 is 15.4 Å². The maximum absolute atomic E-state index is 11.4. The third-order valence-electron chi connectivity index (χ3n) is 2.08. The number of esters is 1. The molecular weight excluding hydrogens is 222 g/mol. The van der Waals surface area contributed by atoms with Gasteiger partial charge in [-0.1, -0.05) is 6.07 Å². The first-order valence-corrected chi connectivity index (χ1v) is 5.14. The molecule has 6 heteroatoms. The van der Waals surface area contributed by atoms with Gasteiger partial charge in [-0.25, -0.2) is 9.59 Å². The number of nitrogens with one attached hydrogen (secondary N) is 2. The summed E-state index contributed by atoms with van der Waals surface area (Å²) in [6, 6.07) is 2.53. The number of aromatic nitrogens is 1. The molecule has 0 radical (unpaired) electrons. The molecule has 17 heavy (non-hydrogen) atoms. The molecule has 2 N–H and O–H groups in total. The van der Waals surface area contributed by atoms with Gasteiger partial charge in [0.25, 0.3) is 0 Å². The normalized spacial score (nSPS) is 11.4. The Morgan fingerprint density at radius 3 is 2.88 bits per heavy atom. The lowest BCUT2D eigenvalue weighted by molar-refractivity contribution is -0.142. The molecule has 1 rings (SSSR count). The van der Waals surface area contributed by atoms with Gasteiger partial charge in [0.15, 0.2) is 0 Å². The van der Waals surface area contributed by atoms with E-state index >= 15 is 0 Å². The summed E-state index contributed by atoms with van der Waals surface area (Å²) in [4.78, 5) is 26.4. The predicted octanol–water partition coefficient (Wildman–Crippen LogP) is 0.442. The lowest BCUT2D eigenvalue weighted by Gasteiger charge is -2.12. The van der Waals surface area contributed by atoms with E-state index in [2.05, 4.69) is 20.4 Å². The van der Waals surface area contributed by atoms with Gasteiger partial charge in [0.2, 0.25) is 0 Å². The Bertz CT molecular complexity index is 381. The van der Waals surface area contributed by atoms with Crippen molar-refractivity contribution in [2.75, 3.05) is 7.11 Å². The number of amides is 2. The highest BCUT2D eigenvalue weighted by atomic mass is 16.5. The molecule has 1 heterocycles. The van der Waals surface area contributed by atoms with Crippen LogP contribution in [0.15, 0.2) is 24.5 Å². The molecule has 92 valence electrons. The van der Waals surface area contributed by atoms with Crippen molar-refractivity contribution in [1.29, 1.82) is 0 Å². The molecule has 0 spiro atoms. The summed E-state index contributed by atoms with van der Waals surface area (Å²) in [6.07, 6.45) is 3.31. The summed E-state index contributed by atoms with van der Waals surface area (Å²) in [6.45, 7) is 1.91. The van der Waals surface area contributed by atoms with E-state index in [9.17, 15) is 9.59 Å². The third-order valence-corrected chi connectivity index (χ3v) is 2.08. The minimum Gasteiger partial charge on any atom is -0.467 e. The average Bonchev–Trinajstić information content (AvgIpc) is 2.36. The number of hydrogen-bond acceptors (Lipinski definition) is 4. The van der Waals surface area contributed by atoms with Crippen LogP contribution in [0.2, 0.25) is 0 Å². The first kappa shape index (κ1) is 13.0. The van der Waals surface area contributed by atoms with E-state index < -0.39 is 18.0 Å². The predicted molar refractivity (Wildman–Crippen MR) is 61.1 cm³/mol. The lowest BCUT2D eigenvalue weighted by Crippen LogP contribution is -2.44. The van der Waals surface area contributed by atoms with Crippen LogP contribution < -0.4 is 10.6 Å². The topological polar surface area (TPSA) is 80.3 Å². The van der Waals surface area contributed by atoms with E-state index in [0.29, 0.717) is 6.54 Å². The second-order valence-corrected chi connectivity index (χ2v) is 3.43. The zero-order valence-electron chi connectivity index (χ0n) is 9.77. The number of nitrogens with zero attached hydrogens (tertiary/aromatic N) is 1. The summed E-state index contributed by atoms with van der Waals surface area (Å²) >= 11 is 0. The Labute approximate surface area is 99.4 Å². The second-order valence-electron chi connectivity index (χ2n) is 3.43. The number of urea groups is 1. The van der Waals surface area contributed by atoms with E-state index in [0.717, 1.165) is 5.56 Å². The van der Waals surface area contributed by atoms with Crippen molar-refractivity contribution in [2.45, 2.75) is 19.5 Å². The molecule has 0 aliphatic rings. The monoisotopic (exact) mass is 237 g/mol. The standard InChI is InChI=1S/C11H15N3O3/c1-8(10(15)17-2)14-11(16)13-7-9-4-3-5-12-6-9/h3-6,8H,7H2,1-2H3,(H2,13,14,16). The minimum atomic E-state index is -0.672. The molecule has 0 aliphatic heterocycles. The van der Waals surface area contributed by atoms with Gasteiger partial charge in [0.05, 0.1) is 7.11 Å². The smallest absolute Gasteiger partial charge is 0.328 e. The highest BCUT2D eigenvalue weighted by Crippen LogP contribution is 1.94. The van der Waals surface area contributed by atoms with Crippen LogP contribution in [-0.2, 0) is 16.1 Å². The fourth-order valence-corrected chi connectivity index (χ4v) is 1.17. The van der Waals surface area contributed by atoms with Crippen molar-refractivity contribution in [3.05, 3.63) is 30.1 Å². The largest absolute Gasteiger partial charge is 0.467 e. The van der Waals surface area contributed by atoms with Crippen molar-refractivity contribution in [1.82, 2.24) is 15.6 Å². The number of pyridine rings is 1. The number of carbonyl (C=O) groups is 2. The van der Waals surface area contributed by atoms with Gasteiger partial charge in [-0.15, -0.1) is 0 Å². The zero-order chi connectivity index (χ0) is 12.7. The number of ether oxygens (including phenoxy) is 1. The van der Waals surface area contributed by atoms with Crippen molar-refractivity contribution in [2.24, 2.45) is 0 Å². The van der Waals surface area contributed by atoms with E-state index in [-0.39, 0.29) is 0 Å². The zero-order valence-corrected chi connectivity index (χ0v) is 9.77. The van der Waals surface area contributed by atoms with E-state index in [1.807, 2.05) is 6.07 Å². The Morgan fingerprint density at radius 2 is 2.29 bits per heavy atom. The average molecular weight is 237 g/mol. The lowest BCUT2D eigenvalue weighted by atomic mass is 10.3. The van der Waals surface area contributed by atoms with E-state index in [4.69, 9.17) is 0 Å². The van der Waals surface area contributed by atoms with Crippen molar-refractivity contribution in [3.63, 3.8) is 0 Å². The second kappa shape index (κ2) is 6.47. The molecule has 0 aromatic carbocycles. The first-order valence-electron chi connectivity index (χ1n) is 5.14. The van der Waals surface area contributed by atoms with Gasteiger partial charge in [-0.2, -0.15) is 0 Å².